The van der Waals surface area contributed by atoms with E-state index in [0.29, 0.717) is 6.08 Å². The van der Waals surface area contributed by atoms with E-state index in [1.54, 1.807) is 0 Å². The Morgan fingerprint density at radius 2 is 1.50 bits per heavy atom. The second-order valence-corrected chi connectivity index (χ2v) is 12.7. The molecular formula is C16H17F9N2O8S3. The SMILES string of the molecule is C=C(C)C(=O)NCCC1C=CC(OS(=O)(=O)C(F)(F)C(F)(F)C(F)(F)S(=O)(=O)NS(=O)(=O)C(F)(F)F)=CC1. The quantitative estimate of drug-likeness (QED) is 0.189. The molecule has 1 rings (SSSR count). The van der Waals surface area contributed by atoms with Crippen molar-refractivity contribution in [1.29, 1.82) is 0 Å². The predicted molar refractivity (Wildman–Crippen MR) is 110 cm³/mol. The molecule has 22 heteroatoms. The molecule has 1 unspecified atom stereocenters. The van der Waals surface area contributed by atoms with Crippen molar-refractivity contribution in [3.05, 3.63) is 36.1 Å². The van der Waals surface area contributed by atoms with Crippen LogP contribution < -0.4 is 9.44 Å². The van der Waals surface area contributed by atoms with Crippen LogP contribution in [0.25, 0.3) is 0 Å². The summed E-state index contributed by atoms with van der Waals surface area (Å²) in [6.45, 7) is 4.85. The van der Waals surface area contributed by atoms with E-state index in [1.165, 1.54) is 6.92 Å². The smallest absolute Gasteiger partial charge is 0.378 e. The van der Waals surface area contributed by atoms with Gasteiger partial charge in [-0.25, -0.2) is 16.8 Å². The number of amides is 1. The number of sulfonamides is 2. The van der Waals surface area contributed by atoms with Gasteiger partial charge in [-0.05, 0) is 37.8 Å². The van der Waals surface area contributed by atoms with Crippen LogP contribution in [0.3, 0.4) is 0 Å². The van der Waals surface area contributed by atoms with Gasteiger partial charge in [0, 0.05) is 12.1 Å². The van der Waals surface area contributed by atoms with E-state index in [0.717, 1.165) is 12.2 Å². The van der Waals surface area contributed by atoms with Gasteiger partial charge in [0.25, 0.3) is 10.0 Å². The molecule has 2 N–H and O–H groups in total. The van der Waals surface area contributed by atoms with Crippen LogP contribution in [0.2, 0.25) is 0 Å². The van der Waals surface area contributed by atoms with Gasteiger partial charge in [0.15, 0.2) is 0 Å². The fraction of sp³-hybridized carbons (Fsp3) is 0.562. The van der Waals surface area contributed by atoms with Gasteiger partial charge in [-0.1, -0.05) is 16.8 Å². The second kappa shape index (κ2) is 10.7. The van der Waals surface area contributed by atoms with Crippen molar-refractivity contribution in [3.8, 4) is 0 Å². The molecule has 0 saturated carbocycles. The molecule has 1 amide bonds. The summed E-state index contributed by atoms with van der Waals surface area (Å²) in [5, 5.41) is -12.2. The third-order valence-electron chi connectivity index (χ3n) is 4.46. The number of carbonyl (C=O) groups is 1. The third kappa shape index (κ3) is 6.62. The van der Waals surface area contributed by atoms with Crippen LogP contribution in [-0.2, 0) is 39.1 Å². The van der Waals surface area contributed by atoms with Gasteiger partial charge < -0.3 is 9.50 Å². The maximum absolute atomic E-state index is 14.1. The normalized spacial score (nSPS) is 18.1. The molecule has 0 bridgehead atoms. The van der Waals surface area contributed by atoms with Crippen LogP contribution in [0.4, 0.5) is 39.5 Å². The van der Waals surface area contributed by atoms with Gasteiger partial charge in [0.05, 0.1) is 0 Å². The summed E-state index contributed by atoms with van der Waals surface area (Å²) in [5.41, 5.74) is -6.49. The summed E-state index contributed by atoms with van der Waals surface area (Å²) in [7, 11) is -22.4. The molecule has 0 aromatic heterocycles. The van der Waals surface area contributed by atoms with Crippen LogP contribution in [0.5, 0.6) is 0 Å². The van der Waals surface area contributed by atoms with Crippen LogP contribution in [0.15, 0.2) is 36.1 Å². The zero-order valence-corrected chi connectivity index (χ0v) is 21.0. The number of nitrogens with one attached hydrogen (secondary N) is 2. The maximum atomic E-state index is 14.1. The summed E-state index contributed by atoms with van der Waals surface area (Å²) < 4.78 is 191. The first-order valence-electron chi connectivity index (χ1n) is 9.47. The largest absolute Gasteiger partial charge is 0.512 e. The molecule has 0 spiro atoms. The number of allylic oxidation sites excluding steroid dienone is 3. The second-order valence-electron chi connectivity index (χ2n) is 7.47. The van der Waals surface area contributed by atoms with E-state index >= 15 is 0 Å². The van der Waals surface area contributed by atoms with Gasteiger partial charge in [0.2, 0.25) is 5.91 Å². The molecule has 1 atom stereocenters. The molecule has 220 valence electrons. The summed E-state index contributed by atoms with van der Waals surface area (Å²) in [5.74, 6) is -9.65. The van der Waals surface area contributed by atoms with Crippen LogP contribution in [0, 0.1) is 5.92 Å². The molecule has 0 radical (unpaired) electrons. The van der Waals surface area contributed by atoms with Gasteiger partial charge in [0.1, 0.15) is 5.76 Å². The molecule has 10 nitrogen and oxygen atoms in total. The fourth-order valence-electron chi connectivity index (χ4n) is 2.36. The molecule has 0 heterocycles. The maximum Gasteiger partial charge on any atom is 0.512 e. The van der Waals surface area contributed by atoms with Crippen molar-refractivity contribution >= 4 is 36.1 Å². The first-order valence-corrected chi connectivity index (χ1v) is 13.8. The van der Waals surface area contributed by atoms with Crippen LogP contribution >= 0.6 is 0 Å². The highest BCUT2D eigenvalue weighted by Gasteiger charge is 2.83. The van der Waals surface area contributed by atoms with Gasteiger partial charge in [-0.15, -0.1) is 0 Å². The van der Waals surface area contributed by atoms with Gasteiger partial charge in [-0.2, -0.15) is 47.9 Å². The van der Waals surface area contributed by atoms with Crippen molar-refractivity contribution in [1.82, 2.24) is 9.44 Å². The standard InChI is InChI=1S/C16H17F9N2O8S3/c1-9(2)12(28)26-8-7-10-3-5-11(6-4-10)35-38(33,34)15(21,22)13(17,18)14(19,20)36(29,30)27-37(31,32)16(23,24)25/h3,5-6,10,27H,1,4,7-8H2,2H3,(H,26,28). The first-order chi connectivity index (χ1) is 16.7. The third-order valence-corrected chi connectivity index (χ3v) is 9.05. The topological polar surface area (TPSA) is 153 Å². The molecule has 1 aliphatic carbocycles. The number of rotatable bonds is 12. The molecular weight excluding hydrogens is 615 g/mol. The molecule has 0 saturated heterocycles. The summed E-state index contributed by atoms with van der Waals surface area (Å²) in [6.07, 6.45) is 2.49. The van der Waals surface area contributed by atoms with Gasteiger partial charge in [-0.3, -0.25) is 4.79 Å². The average Bonchev–Trinajstić information content (AvgIpc) is 2.72. The number of halogens is 9. The van der Waals surface area contributed by atoms with E-state index in [-0.39, 0.29) is 25.0 Å². The lowest BCUT2D eigenvalue weighted by Gasteiger charge is -2.31. The number of carbonyl (C=O) groups excluding carboxylic acids is 1. The Hall–Kier alpha value is -2.33. The van der Waals surface area contributed by atoms with E-state index in [2.05, 4.69) is 16.1 Å². The Morgan fingerprint density at radius 1 is 0.974 bits per heavy atom. The highest BCUT2D eigenvalue weighted by atomic mass is 32.3. The van der Waals surface area contributed by atoms with Crippen molar-refractivity contribution in [2.75, 3.05) is 6.54 Å². The Bertz CT molecular complexity index is 1340. The Balaban J connectivity index is 3.13. The molecule has 0 aliphatic heterocycles. The monoisotopic (exact) mass is 632 g/mol. The van der Waals surface area contributed by atoms with E-state index < -0.39 is 73.8 Å². The van der Waals surface area contributed by atoms with Crippen LogP contribution in [0.1, 0.15) is 19.8 Å². The number of hydrogen-bond donors (Lipinski definition) is 2. The molecule has 1 aliphatic rings. The zero-order chi connectivity index (χ0) is 30.2. The Kier molecular flexibility index (Phi) is 9.47. The van der Waals surface area contributed by atoms with E-state index in [9.17, 15) is 69.6 Å². The number of hydrogen-bond acceptors (Lipinski definition) is 8. The van der Waals surface area contributed by atoms with Gasteiger partial charge >= 0.3 is 42.1 Å². The lowest BCUT2D eigenvalue weighted by molar-refractivity contribution is -0.246. The van der Waals surface area contributed by atoms with Crippen molar-refractivity contribution in [2.45, 2.75) is 41.7 Å². The van der Waals surface area contributed by atoms with Crippen LogP contribution in [-0.4, -0.2) is 59.6 Å². The number of alkyl halides is 9. The highest BCUT2D eigenvalue weighted by molar-refractivity contribution is 8.05. The average molecular weight is 633 g/mol. The van der Waals surface area contributed by atoms with Crippen molar-refractivity contribution in [3.63, 3.8) is 0 Å². The first kappa shape index (κ1) is 33.7. The Morgan fingerprint density at radius 3 is 1.92 bits per heavy atom. The lowest BCUT2D eigenvalue weighted by Crippen LogP contribution is -2.63. The minimum Gasteiger partial charge on any atom is -0.378 e. The summed E-state index contributed by atoms with van der Waals surface area (Å²) >= 11 is 0. The molecule has 0 aromatic rings. The fourth-order valence-corrected chi connectivity index (χ4v) is 5.77. The molecule has 38 heavy (non-hydrogen) atoms. The minimum atomic E-state index is -7.87. The molecule has 0 fully saturated rings. The molecule has 0 aromatic carbocycles. The minimum absolute atomic E-state index is 0.0645. The predicted octanol–water partition coefficient (Wildman–Crippen LogP) is 2.47. The van der Waals surface area contributed by atoms with E-state index in [1.807, 2.05) is 0 Å². The summed E-state index contributed by atoms with van der Waals surface area (Å²) in [6, 6.07) is 0. The van der Waals surface area contributed by atoms with Crippen molar-refractivity contribution < 1.29 is 73.7 Å². The summed E-state index contributed by atoms with van der Waals surface area (Å²) in [4.78, 5) is 11.4. The van der Waals surface area contributed by atoms with E-state index in [4.69, 9.17) is 0 Å². The van der Waals surface area contributed by atoms with Crippen molar-refractivity contribution in [2.24, 2.45) is 5.92 Å². The zero-order valence-electron chi connectivity index (χ0n) is 18.5. The lowest BCUT2D eigenvalue weighted by atomic mass is 9.97. The Labute approximate surface area is 209 Å². The highest BCUT2D eigenvalue weighted by Crippen LogP contribution is 2.51.